The van der Waals surface area contributed by atoms with Gasteiger partial charge >= 0.3 is 5.97 Å². The van der Waals surface area contributed by atoms with Crippen LogP contribution in [-0.4, -0.2) is 24.5 Å². The second-order valence-electron chi connectivity index (χ2n) is 6.10. The van der Waals surface area contributed by atoms with Gasteiger partial charge in [-0.15, -0.1) is 0 Å². The predicted octanol–water partition coefficient (Wildman–Crippen LogP) is 3.41. The van der Waals surface area contributed by atoms with Gasteiger partial charge in [0.1, 0.15) is 0 Å². The summed E-state index contributed by atoms with van der Waals surface area (Å²) in [7, 11) is 0. The van der Waals surface area contributed by atoms with E-state index in [9.17, 15) is 9.59 Å². The van der Waals surface area contributed by atoms with Crippen LogP contribution >= 0.6 is 11.6 Å². The molecule has 0 radical (unpaired) electrons. The van der Waals surface area contributed by atoms with Gasteiger partial charge in [0.25, 0.3) is 5.91 Å². The summed E-state index contributed by atoms with van der Waals surface area (Å²) in [5.41, 5.74) is 6.13. The summed E-state index contributed by atoms with van der Waals surface area (Å²) in [6.07, 6.45) is 3.09. The molecule has 1 aromatic rings. The van der Waals surface area contributed by atoms with Crippen LogP contribution in [0.15, 0.2) is 18.2 Å². The van der Waals surface area contributed by atoms with E-state index in [4.69, 9.17) is 22.1 Å². The number of nitrogens with two attached hydrogens (primary N) is 1. The van der Waals surface area contributed by atoms with E-state index in [0.717, 1.165) is 19.3 Å². The molecule has 0 saturated heterocycles. The van der Waals surface area contributed by atoms with Gasteiger partial charge in [0.05, 0.1) is 5.56 Å². The molecule has 23 heavy (non-hydrogen) atoms. The maximum atomic E-state index is 11.9. The van der Waals surface area contributed by atoms with Crippen molar-refractivity contribution in [2.45, 2.75) is 46.1 Å². The number of rotatable bonds is 8. The minimum Gasteiger partial charge on any atom is -0.452 e. The topological polar surface area (TPSA) is 81.4 Å². The van der Waals surface area contributed by atoms with E-state index < -0.39 is 5.97 Å². The number of halogens is 1. The number of nitrogens with one attached hydrogen (secondary N) is 1. The van der Waals surface area contributed by atoms with Crippen molar-refractivity contribution in [2.24, 2.45) is 5.92 Å². The first-order valence-electron chi connectivity index (χ1n) is 7.81. The number of ether oxygens (including phenoxy) is 1. The highest BCUT2D eigenvalue weighted by Gasteiger charge is 2.14. The highest BCUT2D eigenvalue weighted by atomic mass is 35.5. The van der Waals surface area contributed by atoms with Crippen LogP contribution in [0.25, 0.3) is 0 Å². The third kappa shape index (κ3) is 7.37. The maximum Gasteiger partial charge on any atom is 0.340 e. The molecular formula is C17H25ClN2O3. The molecule has 0 aromatic heterocycles. The van der Waals surface area contributed by atoms with E-state index in [1.807, 2.05) is 6.92 Å². The highest BCUT2D eigenvalue weighted by Crippen LogP contribution is 2.18. The van der Waals surface area contributed by atoms with Gasteiger partial charge in [-0.3, -0.25) is 4.79 Å². The molecular weight excluding hydrogens is 316 g/mol. The van der Waals surface area contributed by atoms with Crippen molar-refractivity contribution in [2.75, 3.05) is 12.3 Å². The Balaban J connectivity index is 2.36. The first-order valence-corrected chi connectivity index (χ1v) is 8.19. The summed E-state index contributed by atoms with van der Waals surface area (Å²) >= 11 is 5.77. The van der Waals surface area contributed by atoms with Crippen LogP contribution in [0, 0.1) is 5.92 Å². The zero-order valence-electron chi connectivity index (χ0n) is 13.9. The van der Waals surface area contributed by atoms with Gasteiger partial charge in [-0.1, -0.05) is 38.3 Å². The number of anilines is 1. The highest BCUT2D eigenvalue weighted by molar-refractivity contribution is 6.31. The van der Waals surface area contributed by atoms with Gasteiger partial charge in [-0.25, -0.2) is 4.79 Å². The van der Waals surface area contributed by atoms with Crippen LogP contribution in [0.5, 0.6) is 0 Å². The molecule has 0 heterocycles. The summed E-state index contributed by atoms with van der Waals surface area (Å²) < 4.78 is 4.98. The summed E-state index contributed by atoms with van der Waals surface area (Å²) in [4.78, 5) is 23.7. The average Bonchev–Trinajstić information content (AvgIpc) is 2.44. The second kappa shape index (κ2) is 9.40. The van der Waals surface area contributed by atoms with Crippen molar-refractivity contribution in [1.29, 1.82) is 0 Å². The molecule has 0 bridgehead atoms. The summed E-state index contributed by atoms with van der Waals surface area (Å²) in [6.45, 7) is 5.96. The Morgan fingerprint density at radius 1 is 1.26 bits per heavy atom. The van der Waals surface area contributed by atoms with Crippen molar-refractivity contribution in [1.82, 2.24) is 5.32 Å². The number of carbonyl (C=O) groups is 2. The molecule has 128 valence electrons. The Morgan fingerprint density at radius 2 is 1.96 bits per heavy atom. The molecule has 0 aliphatic carbocycles. The number of carbonyl (C=O) groups excluding carboxylic acids is 2. The molecule has 3 N–H and O–H groups in total. The monoisotopic (exact) mass is 340 g/mol. The standard InChI is InChI=1S/C17H25ClN2O3/c1-11(2)5-4-6-12(3)20-16(21)10-23-17(22)14-8-7-13(18)9-15(14)19/h7-9,11-12H,4-6,10,19H2,1-3H3,(H,20,21). The lowest BCUT2D eigenvalue weighted by molar-refractivity contribution is -0.124. The summed E-state index contributed by atoms with van der Waals surface area (Å²) in [5.74, 6) is -0.298. The fourth-order valence-corrected chi connectivity index (χ4v) is 2.33. The van der Waals surface area contributed by atoms with Crippen molar-refractivity contribution in [3.63, 3.8) is 0 Å². The van der Waals surface area contributed by atoms with Gasteiger partial charge < -0.3 is 15.8 Å². The number of hydrogen-bond donors (Lipinski definition) is 2. The average molecular weight is 341 g/mol. The Bertz CT molecular complexity index is 547. The first kappa shape index (κ1) is 19.3. The first-order chi connectivity index (χ1) is 10.8. The lowest BCUT2D eigenvalue weighted by Crippen LogP contribution is -2.35. The molecule has 0 aliphatic heterocycles. The Labute approximate surface area is 142 Å². The van der Waals surface area contributed by atoms with Gasteiger partial charge in [-0.2, -0.15) is 0 Å². The van der Waals surface area contributed by atoms with E-state index in [2.05, 4.69) is 19.2 Å². The van der Waals surface area contributed by atoms with E-state index in [1.54, 1.807) is 6.07 Å². The zero-order valence-corrected chi connectivity index (χ0v) is 14.7. The Kier molecular flexibility index (Phi) is 7.89. The number of benzene rings is 1. The third-order valence-electron chi connectivity index (χ3n) is 3.39. The number of esters is 1. The maximum absolute atomic E-state index is 11.9. The predicted molar refractivity (Wildman–Crippen MR) is 92.4 cm³/mol. The summed E-state index contributed by atoms with van der Waals surface area (Å²) in [6, 6.07) is 4.55. The largest absolute Gasteiger partial charge is 0.452 e. The van der Waals surface area contributed by atoms with Gasteiger partial charge in [0, 0.05) is 16.8 Å². The Hall–Kier alpha value is -1.75. The van der Waals surface area contributed by atoms with E-state index in [1.165, 1.54) is 12.1 Å². The van der Waals surface area contributed by atoms with Crippen LogP contribution in [0.3, 0.4) is 0 Å². The quantitative estimate of drug-likeness (QED) is 0.561. The molecule has 0 saturated carbocycles. The van der Waals surface area contributed by atoms with Gasteiger partial charge in [0.15, 0.2) is 6.61 Å². The minimum absolute atomic E-state index is 0.0561. The molecule has 1 aromatic carbocycles. The molecule has 1 rings (SSSR count). The van der Waals surface area contributed by atoms with Gasteiger partial charge in [-0.05, 0) is 37.5 Å². The molecule has 6 heteroatoms. The van der Waals surface area contributed by atoms with Crippen LogP contribution in [0.1, 0.15) is 50.4 Å². The molecule has 1 amide bonds. The zero-order chi connectivity index (χ0) is 17.4. The SMILES string of the molecule is CC(C)CCCC(C)NC(=O)COC(=O)c1ccc(Cl)cc1N. The normalized spacial score (nSPS) is 12.0. The van der Waals surface area contributed by atoms with E-state index >= 15 is 0 Å². The number of hydrogen-bond acceptors (Lipinski definition) is 4. The summed E-state index contributed by atoms with van der Waals surface area (Å²) in [5, 5.41) is 3.25. The van der Waals surface area contributed by atoms with Gasteiger partial charge in [0.2, 0.25) is 0 Å². The van der Waals surface area contributed by atoms with Crippen LogP contribution in [-0.2, 0) is 9.53 Å². The molecule has 1 unspecified atom stereocenters. The van der Waals surface area contributed by atoms with Crippen LogP contribution in [0.4, 0.5) is 5.69 Å². The number of nitrogen functional groups attached to an aromatic ring is 1. The molecule has 0 fully saturated rings. The van der Waals surface area contributed by atoms with E-state index in [0.29, 0.717) is 10.9 Å². The van der Waals surface area contributed by atoms with Crippen molar-refractivity contribution in [3.8, 4) is 0 Å². The number of amides is 1. The fourth-order valence-electron chi connectivity index (χ4n) is 2.15. The van der Waals surface area contributed by atoms with Crippen molar-refractivity contribution >= 4 is 29.2 Å². The third-order valence-corrected chi connectivity index (χ3v) is 3.63. The van der Waals surface area contributed by atoms with Crippen LogP contribution < -0.4 is 11.1 Å². The second-order valence-corrected chi connectivity index (χ2v) is 6.54. The van der Waals surface area contributed by atoms with Crippen molar-refractivity contribution in [3.05, 3.63) is 28.8 Å². The fraction of sp³-hybridized carbons (Fsp3) is 0.529. The Morgan fingerprint density at radius 3 is 2.57 bits per heavy atom. The minimum atomic E-state index is -0.637. The molecule has 1 atom stereocenters. The lowest BCUT2D eigenvalue weighted by Gasteiger charge is -2.14. The van der Waals surface area contributed by atoms with Crippen molar-refractivity contribution < 1.29 is 14.3 Å². The van der Waals surface area contributed by atoms with Crippen LogP contribution in [0.2, 0.25) is 5.02 Å². The molecule has 5 nitrogen and oxygen atoms in total. The molecule has 0 aliphatic rings. The van der Waals surface area contributed by atoms with E-state index in [-0.39, 0.29) is 29.8 Å². The smallest absolute Gasteiger partial charge is 0.340 e. The lowest BCUT2D eigenvalue weighted by atomic mass is 10.0. The molecule has 0 spiro atoms.